The predicted molar refractivity (Wildman–Crippen MR) is 60.5 cm³/mol. The standard InChI is InChI=1S/C10H9BrFNO2/c11-4-2-1-3-8-5-9(12)7-10(6-8)13(14)15/h1,3,5-7H,2,4H2. The Morgan fingerprint density at radius 2 is 2.20 bits per heavy atom. The van der Waals surface area contributed by atoms with Gasteiger partial charge >= 0.3 is 0 Å². The maximum atomic E-state index is 12.9. The lowest BCUT2D eigenvalue weighted by Gasteiger charge is -1.95. The van der Waals surface area contributed by atoms with E-state index < -0.39 is 10.7 Å². The summed E-state index contributed by atoms with van der Waals surface area (Å²) in [5, 5.41) is 11.2. The second kappa shape index (κ2) is 5.60. The molecule has 0 spiro atoms. The molecule has 1 aromatic rings. The van der Waals surface area contributed by atoms with E-state index in [1.807, 2.05) is 6.08 Å². The molecule has 0 radical (unpaired) electrons. The fourth-order valence-electron chi connectivity index (χ4n) is 1.08. The lowest BCUT2D eigenvalue weighted by molar-refractivity contribution is -0.385. The van der Waals surface area contributed by atoms with Gasteiger partial charge in [-0.05, 0) is 18.1 Å². The number of alkyl halides is 1. The van der Waals surface area contributed by atoms with Crippen LogP contribution in [0.5, 0.6) is 0 Å². The summed E-state index contributed by atoms with van der Waals surface area (Å²) in [5.41, 5.74) is 0.274. The van der Waals surface area contributed by atoms with Gasteiger partial charge in [0.1, 0.15) is 5.82 Å². The Labute approximate surface area is 94.9 Å². The first kappa shape index (κ1) is 11.8. The highest BCUT2D eigenvalue weighted by molar-refractivity contribution is 9.09. The average Bonchev–Trinajstić information content (AvgIpc) is 2.17. The van der Waals surface area contributed by atoms with Gasteiger partial charge in [-0.15, -0.1) is 0 Å². The van der Waals surface area contributed by atoms with Crippen molar-refractivity contribution in [3.8, 4) is 0 Å². The van der Waals surface area contributed by atoms with Crippen molar-refractivity contribution in [2.45, 2.75) is 6.42 Å². The van der Waals surface area contributed by atoms with E-state index in [-0.39, 0.29) is 5.69 Å². The number of rotatable bonds is 4. The van der Waals surface area contributed by atoms with Crippen LogP contribution in [0.4, 0.5) is 10.1 Å². The largest absolute Gasteiger partial charge is 0.272 e. The highest BCUT2D eigenvalue weighted by Gasteiger charge is 2.07. The summed E-state index contributed by atoms with van der Waals surface area (Å²) in [6, 6.07) is 3.51. The quantitative estimate of drug-likeness (QED) is 0.479. The van der Waals surface area contributed by atoms with Gasteiger partial charge in [0, 0.05) is 11.4 Å². The van der Waals surface area contributed by atoms with Crippen LogP contribution in [0, 0.1) is 15.9 Å². The normalized spacial score (nSPS) is 10.8. The van der Waals surface area contributed by atoms with Gasteiger partial charge in [-0.2, -0.15) is 0 Å². The van der Waals surface area contributed by atoms with Gasteiger partial charge in [-0.3, -0.25) is 10.1 Å². The molecule has 0 aliphatic carbocycles. The molecule has 0 bridgehead atoms. The molecule has 3 nitrogen and oxygen atoms in total. The van der Waals surface area contributed by atoms with Crippen LogP contribution in [0.15, 0.2) is 24.3 Å². The van der Waals surface area contributed by atoms with Crippen LogP contribution in [0.25, 0.3) is 6.08 Å². The van der Waals surface area contributed by atoms with Gasteiger partial charge in [0.25, 0.3) is 5.69 Å². The molecule has 0 saturated carbocycles. The van der Waals surface area contributed by atoms with Gasteiger partial charge < -0.3 is 0 Å². The van der Waals surface area contributed by atoms with Gasteiger partial charge in [-0.1, -0.05) is 28.1 Å². The number of hydrogen-bond donors (Lipinski definition) is 0. The zero-order chi connectivity index (χ0) is 11.3. The Bertz CT molecular complexity index is 393. The summed E-state index contributed by atoms with van der Waals surface area (Å²) in [7, 11) is 0. The highest BCUT2D eigenvalue weighted by Crippen LogP contribution is 2.17. The highest BCUT2D eigenvalue weighted by atomic mass is 79.9. The van der Waals surface area contributed by atoms with Crippen molar-refractivity contribution >= 4 is 27.7 Å². The maximum absolute atomic E-state index is 12.9. The topological polar surface area (TPSA) is 43.1 Å². The molecule has 0 unspecified atom stereocenters. The second-order valence-electron chi connectivity index (χ2n) is 2.88. The zero-order valence-electron chi connectivity index (χ0n) is 7.82. The van der Waals surface area contributed by atoms with E-state index in [9.17, 15) is 14.5 Å². The van der Waals surface area contributed by atoms with Gasteiger partial charge in [0.2, 0.25) is 0 Å². The molecule has 0 saturated heterocycles. The summed E-state index contributed by atoms with van der Waals surface area (Å²) in [4.78, 5) is 9.84. The van der Waals surface area contributed by atoms with Crippen LogP contribution in [0.1, 0.15) is 12.0 Å². The first-order valence-electron chi connectivity index (χ1n) is 4.31. The predicted octanol–water partition coefficient (Wildman–Crippen LogP) is 3.53. The van der Waals surface area contributed by atoms with Crippen LogP contribution in [0.2, 0.25) is 0 Å². The summed E-state index contributed by atoms with van der Waals surface area (Å²) in [6.07, 6.45) is 4.29. The van der Waals surface area contributed by atoms with Crippen molar-refractivity contribution in [1.29, 1.82) is 0 Å². The Morgan fingerprint density at radius 3 is 2.80 bits per heavy atom. The number of nitrogens with zero attached hydrogens (tertiary/aromatic N) is 1. The van der Waals surface area contributed by atoms with E-state index in [4.69, 9.17) is 0 Å². The number of allylic oxidation sites excluding steroid dienone is 1. The average molecular weight is 274 g/mol. The zero-order valence-corrected chi connectivity index (χ0v) is 9.41. The fourth-order valence-corrected chi connectivity index (χ4v) is 1.34. The Morgan fingerprint density at radius 1 is 1.47 bits per heavy atom. The number of nitro groups is 1. The van der Waals surface area contributed by atoms with E-state index >= 15 is 0 Å². The molecule has 0 N–H and O–H groups in total. The van der Waals surface area contributed by atoms with Crippen molar-refractivity contribution < 1.29 is 9.31 Å². The first-order chi connectivity index (χ1) is 7.13. The smallest absolute Gasteiger partial charge is 0.258 e. The maximum Gasteiger partial charge on any atom is 0.272 e. The minimum atomic E-state index is -0.606. The van der Waals surface area contributed by atoms with E-state index in [0.29, 0.717) is 5.56 Å². The van der Waals surface area contributed by atoms with Crippen molar-refractivity contribution in [3.05, 3.63) is 45.8 Å². The van der Waals surface area contributed by atoms with Gasteiger partial charge in [0.05, 0.1) is 11.0 Å². The minimum Gasteiger partial charge on any atom is -0.258 e. The Balaban J connectivity index is 2.93. The monoisotopic (exact) mass is 273 g/mol. The number of halogens is 2. The van der Waals surface area contributed by atoms with Crippen molar-refractivity contribution in [3.63, 3.8) is 0 Å². The molecule has 5 heteroatoms. The molecule has 0 aliphatic heterocycles. The molecule has 0 fully saturated rings. The second-order valence-corrected chi connectivity index (χ2v) is 3.67. The molecule has 0 amide bonds. The Kier molecular flexibility index (Phi) is 4.42. The summed E-state index contributed by atoms with van der Waals surface area (Å²) in [5.74, 6) is -0.595. The molecule has 15 heavy (non-hydrogen) atoms. The number of benzene rings is 1. The molecular weight excluding hydrogens is 265 g/mol. The summed E-state index contributed by atoms with van der Waals surface area (Å²) in [6.45, 7) is 0. The minimum absolute atomic E-state index is 0.228. The van der Waals surface area contributed by atoms with Gasteiger partial charge in [-0.25, -0.2) is 4.39 Å². The Hall–Kier alpha value is -1.23. The molecule has 0 heterocycles. The van der Waals surface area contributed by atoms with Crippen LogP contribution < -0.4 is 0 Å². The van der Waals surface area contributed by atoms with Crippen molar-refractivity contribution in [1.82, 2.24) is 0 Å². The number of nitro benzene ring substituents is 1. The molecule has 0 aliphatic rings. The lowest BCUT2D eigenvalue weighted by Crippen LogP contribution is -1.90. The third-order valence-electron chi connectivity index (χ3n) is 1.70. The fraction of sp³-hybridized carbons (Fsp3) is 0.200. The van der Waals surface area contributed by atoms with Crippen molar-refractivity contribution in [2.24, 2.45) is 0 Å². The third-order valence-corrected chi connectivity index (χ3v) is 2.16. The molecular formula is C10H9BrFNO2. The first-order valence-corrected chi connectivity index (χ1v) is 5.43. The van der Waals surface area contributed by atoms with Crippen LogP contribution in [-0.2, 0) is 0 Å². The molecule has 0 atom stereocenters. The van der Waals surface area contributed by atoms with E-state index in [2.05, 4.69) is 15.9 Å². The van der Waals surface area contributed by atoms with E-state index in [1.165, 1.54) is 12.1 Å². The molecule has 1 aromatic carbocycles. The molecule has 0 aromatic heterocycles. The third kappa shape index (κ3) is 3.79. The summed E-state index contributed by atoms with van der Waals surface area (Å²) < 4.78 is 12.9. The van der Waals surface area contributed by atoms with E-state index in [1.54, 1.807) is 6.08 Å². The SMILES string of the molecule is O=[N+]([O-])c1cc(F)cc(C=CCCBr)c1. The number of non-ortho nitro benzene ring substituents is 1. The van der Waals surface area contributed by atoms with Crippen molar-refractivity contribution in [2.75, 3.05) is 5.33 Å². The molecule has 1 rings (SSSR count). The molecule has 80 valence electrons. The van der Waals surface area contributed by atoms with Crippen LogP contribution >= 0.6 is 15.9 Å². The van der Waals surface area contributed by atoms with Gasteiger partial charge in [0.15, 0.2) is 0 Å². The van der Waals surface area contributed by atoms with E-state index in [0.717, 1.165) is 17.8 Å². The van der Waals surface area contributed by atoms with Crippen LogP contribution in [0.3, 0.4) is 0 Å². The lowest BCUT2D eigenvalue weighted by atomic mass is 10.2. The number of hydrogen-bond acceptors (Lipinski definition) is 2. The van der Waals surface area contributed by atoms with Crippen LogP contribution in [-0.4, -0.2) is 10.3 Å². The summed E-state index contributed by atoms with van der Waals surface area (Å²) >= 11 is 3.24.